The van der Waals surface area contributed by atoms with Crippen molar-refractivity contribution in [3.8, 4) is 0 Å². The van der Waals surface area contributed by atoms with E-state index in [0.29, 0.717) is 16.5 Å². The van der Waals surface area contributed by atoms with Gasteiger partial charge in [-0.05, 0) is 37.5 Å². The molecule has 23 heavy (non-hydrogen) atoms. The van der Waals surface area contributed by atoms with Crippen LogP contribution in [0.25, 0.3) is 0 Å². The summed E-state index contributed by atoms with van der Waals surface area (Å²) in [5.41, 5.74) is 7.37. The number of aromatic nitrogens is 2. The summed E-state index contributed by atoms with van der Waals surface area (Å²) < 4.78 is 1.78. The highest BCUT2D eigenvalue weighted by Crippen LogP contribution is 2.34. The average molecular weight is 351 g/mol. The molecule has 1 amide bonds. The lowest BCUT2D eigenvalue weighted by Gasteiger charge is -2.29. The van der Waals surface area contributed by atoms with E-state index in [1.807, 2.05) is 25.1 Å². The number of nitrogens with zero attached hydrogens (tertiary/aromatic N) is 3. The van der Waals surface area contributed by atoms with Crippen molar-refractivity contribution in [3.05, 3.63) is 46.1 Å². The van der Waals surface area contributed by atoms with Crippen molar-refractivity contribution in [1.29, 1.82) is 0 Å². The fourth-order valence-electron chi connectivity index (χ4n) is 3.02. The Morgan fingerprint density at radius 2 is 2.09 bits per heavy atom. The number of benzene rings is 1. The number of carbonyl (C=O) groups is 1. The van der Waals surface area contributed by atoms with Gasteiger partial charge in [0.25, 0.3) is 0 Å². The van der Waals surface area contributed by atoms with Gasteiger partial charge in [0.15, 0.2) is 5.82 Å². The molecule has 1 aromatic carbocycles. The molecular formula is C16H16Cl2N4O. The van der Waals surface area contributed by atoms with Crippen molar-refractivity contribution < 1.29 is 4.79 Å². The van der Waals surface area contributed by atoms with Crippen molar-refractivity contribution in [2.45, 2.75) is 25.8 Å². The summed E-state index contributed by atoms with van der Waals surface area (Å²) in [6.45, 7) is 1.83. The Morgan fingerprint density at radius 1 is 1.30 bits per heavy atom. The van der Waals surface area contributed by atoms with Crippen LogP contribution in [-0.4, -0.2) is 21.4 Å². The number of primary amides is 1. The van der Waals surface area contributed by atoms with Crippen LogP contribution < -0.4 is 5.73 Å². The first kappa shape index (κ1) is 16.0. The van der Waals surface area contributed by atoms with E-state index in [2.05, 4.69) is 10.1 Å². The monoisotopic (exact) mass is 350 g/mol. The maximum Gasteiger partial charge on any atom is 0.228 e. The van der Waals surface area contributed by atoms with Gasteiger partial charge in [-0.15, -0.1) is 0 Å². The predicted molar refractivity (Wildman–Crippen MR) is 91.5 cm³/mol. The maximum absolute atomic E-state index is 11.9. The lowest BCUT2D eigenvalue weighted by Crippen LogP contribution is -2.39. The van der Waals surface area contributed by atoms with Gasteiger partial charge in [-0.3, -0.25) is 4.79 Å². The summed E-state index contributed by atoms with van der Waals surface area (Å²) in [5.74, 6) is -0.0872. The Bertz CT molecular complexity index is 784. The normalized spacial score (nSPS) is 20.0. The summed E-state index contributed by atoms with van der Waals surface area (Å²) in [6.07, 6.45) is 3.12. The van der Waals surface area contributed by atoms with Gasteiger partial charge in [-0.25, -0.2) is 9.67 Å². The van der Waals surface area contributed by atoms with Crippen LogP contribution in [0.3, 0.4) is 0 Å². The molecule has 0 fully saturated rings. The topological polar surface area (TPSA) is 73.3 Å². The summed E-state index contributed by atoms with van der Waals surface area (Å²) in [4.78, 5) is 16.3. The number of hydrogen-bond donors (Lipinski definition) is 1. The number of rotatable bonds is 4. The molecule has 5 nitrogen and oxygen atoms in total. The van der Waals surface area contributed by atoms with Crippen molar-refractivity contribution in [1.82, 2.24) is 9.78 Å². The number of fused-ring (bicyclic) bond motifs is 1. The Morgan fingerprint density at radius 3 is 2.78 bits per heavy atom. The number of amides is 1. The minimum Gasteiger partial charge on any atom is -0.369 e. The molecular weight excluding hydrogens is 335 g/mol. The largest absolute Gasteiger partial charge is 0.369 e. The van der Waals surface area contributed by atoms with Crippen LogP contribution >= 0.6 is 23.2 Å². The first-order chi connectivity index (χ1) is 11.0. The Hall–Kier alpha value is -1.85. The number of hydrogen-bond acceptors (Lipinski definition) is 3. The number of nitrogens with two attached hydrogens (primary N) is 1. The standard InChI is InChI=1S/C16H16Cl2N4O/c1-9-15(16(19)23)13(22-14(21-9)6-7-20-22)5-3-10-2-4-11(17)12(18)8-10/h2,4,6-8,13,15H,3,5H2,1H3,(H2,19,23). The second kappa shape index (κ2) is 6.34. The van der Waals surface area contributed by atoms with Crippen molar-refractivity contribution in [2.24, 2.45) is 16.6 Å². The molecule has 2 heterocycles. The lowest BCUT2D eigenvalue weighted by atomic mass is 9.88. The SMILES string of the molecule is CC1=Nc2ccnn2C(CCc2ccc(Cl)c(Cl)c2)C1C(N)=O. The van der Waals surface area contributed by atoms with E-state index in [1.165, 1.54) is 0 Å². The third-order valence-corrected chi connectivity index (χ3v) is 4.85. The minimum absolute atomic E-state index is 0.149. The summed E-state index contributed by atoms with van der Waals surface area (Å²) in [6, 6.07) is 7.23. The van der Waals surface area contributed by atoms with Gasteiger partial charge in [-0.1, -0.05) is 29.3 Å². The Kier molecular flexibility index (Phi) is 4.41. The lowest BCUT2D eigenvalue weighted by molar-refractivity contribution is -0.121. The van der Waals surface area contributed by atoms with Crippen LogP contribution in [-0.2, 0) is 11.2 Å². The Labute approximate surface area is 144 Å². The van der Waals surface area contributed by atoms with Gasteiger partial charge in [0, 0.05) is 11.8 Å². The van der Waals surface area contributed by atoms with E-state index in [1.54, 1.807) is 16.9 Å². The molecule has 3 rings (SSSR count). The number of halogens is 2. The van der Waals surface area contributed by atoms with E-state index in [4.69, 9.17) is 28.9 Å². The van der Waals surface area contributed by atoms with Gasteiger partial charge in [0.1, 0.15) is 0 Å². The average Bonchev–Trinajstić information content (AvgIpc) is 2.95. The van der Waals surface area contributed by atoms with Crippen molar-refractivity contribution in [2.75, 3.05) is 0 Å². The molecule has 7 heteroatoms. The van der Waals surface area contributed by atoms with Gasteiger partial charge < -0.3 is 5.73 Å². The number of carbonyl (C=O) groups excluding carboxylic acids is 1. The first-order valence-corrected chi connectivity index (χ1v) is 8.05. The van der Waals surface area contributed by atoms with Crippen molar-refractivity contribution >= 4 is 40.6 Å². The number of aliphatic imine (C=N–C) groups is 1. The second-order valence-corrected chi connectivity index (χ2v) is 6.44. The second-order valence-electron chi connectivity index (χ2n) is 5.62. The molecule has 0 radical (unpaired) electrons. The number of aryl methyl sites for hydroxylation is 1. The smallest absolute Gasteiger partial charge is 0.228 e. The molecule has 1 aromatic heterocycles. The molecule has 0 spiro atoms. The fraction of sp³-hybridized carbons (Fsp3) is 0.312. The van der Waals surface area contributed by atoms with Gasteiger partial charge >= 0.3 is 0 Å². The molecule has 2 atom stereocenters. The van der Waals surface area contributed by atoms with E-state index in [9.17, 15) is 4.79 Å². The van der Waals surface area contributed by atoms with E-state index >= 15 is 0 Å². The highest BCUT2D eigenvalue weighted by Gasteiger charge is 2.35. The predicted octanol–water partition coefficient (Wildman–Crippen LogP) is 3.57. The molecule has 0 saturated heterocycles. The molecule has 0 saturated carbocycles. The quantitative estimate of drug-likeness (QED) is 0.915. The van der Waals surface area contributed by atoms with E-state index in [-0.39, 0.29) is 11.9 Å². The minimum atomic E-state index is -0.454. The molecule has 2 unspecified atom stereocenters. The molecule has 120 valence electrons. The molecule has 2 N–H and O–H groups in total. The first-order valence-electron chi connectivity index (χ1n) is 7.29. The summed E-state index contributed by atoms with van der Waals surface area (Å²) >= 11 is 12.0. The highest BCUT2D eigenvalue weighted by atomic mass is 35.5. The van der Waals surface area contributed by atoms with E-state index < -0.39 is 5.92 Å². The van der Waals surface area contributed by atoms with Crippen LogP contribution in [0, 0.1) is 5.92 Å². The van der Waals surface area contributed by atoms with Gasteiger partial charge in [0.2, 0.25) is 5.91 Å². The third-order valence-electron chi connectivity index (χ3n) is 4.11. The Balaban J connectivity index is 1.86. The molecule has 1 aliphatic rings. The summed E-state index contributed by atoms with van der Waals surface area (Å²) in [5, 5.41) is 5.36. The molecule has 0 aliphatic carbocycles. The van der Waals surface area contributed by atoms with Crippen molar-refractivity contribution in [3.63, 3.8) is 0 Å². The zero-order valence-corrected chi connectivity index (χ0v) is 14.1. The van der Waals surface area contributed by atoms with Gasteiger partial charge in [0.05, 0.1) is 28.2 Å². The highest BCUT2D eigenvalue weighted by molar-refractivity contribution is 6.42. The summed E-state index contributed by atoms with van der Waals surface area (Å²) in [7, 11) is 0. The zero-order valence-electron chi connectivity index (χ0n) is 12.5. The van der Waals surface area contributed by atoms with Crippen LogP contribution in [0.5, 0.6) is 0 Å². The molecule has 2 aromatic rings. The van der Waals surface area contributed by atoms with Crippen LogP contribution in [0.4, 0.5) is 5.82 Å². The molecule has 1 aliphatic heterocycles. The third kappa shape index (κ3) is 3.12. The van der Waals surface area contributed by atoms with Crippen LogP contribution in [0.1, 0.15) is 24.9 Å². The van der Waals surface area contributed by atoms with E-state index in [0.717, 1.165) is 23.5 Å². The van der Waals surface area contributed by atoms with Crippen LogP contribution in [0.2, 0.25) is 10.0 Å². The van der Waals surface area contributed by atoms with Crippen LogP contribution in [0.15, 0.2) is 35.5 Å². The zero-order chi connectivity index (χ0) is 16.6. The molecule has 0 bridgehead atoms. The fourth-order valence-corrected chi connectivity index (χ4v) is 3.34. The maximum atomic E-state index is 11.9. The van der Waals surface area contributed by atoms with Gasteiger partial charge in [-0.2, -0.15) is 5.10 Å².